The van der Waals surface area contributed by atoms with Crippen LogP contribution < -0.4 is 16.0 Å². The molecule has 0 radical (unpaired) electrons. The molecule has 0 bridgehead atoms. The lowest BCUT2D eigenvalue weighted by molar-refractivity contribution is -0.0439. The summed E-state index contributed by atoms with van der Waals surface area (Å²) in [5, 5.41) is 40.5. The smallest absolute Gasteiger partial charge is 0.248 e. The Morgan fingerprint density at radius 2 is 1.90 bits per heavy atom. The van der Waals surface area contributed by atoms with Crippen molar-refractivity contribution in [3.05, 3.63) is 18.1 Å². The monoisotopic (exact) mass is 541 g/mol. The number of anilines is 2. The number of ether oxygens (including phenoxy) is 1. The predicted molar refractivity (Wildman–Crippen MR) is 143 cm³/mol. The Kier molecular flexibility index (Phi) is 7.65. The van der Waals surface area contributed by atoms with E-state index in [1.807, 2.05) is 0 Å². The number of fused-ring (bicyclic) bond motifs is 1. The van der Waals surface area contributed by atoms with Crippen LogP contribution >= 0.6 is 0 Å². The van der Waals surface area contributed by atoms with Gasteiger partial charge in [-0.3, -0.25) is 4.57 Å². The van der Waals surface area contributed by atoms with Crippen LogP contribution in [0.25, 0.3) is 11.2 Å². The Morgan fingerprint density at radius 3 is 2.64 bits per heavy atom. The first-order chi connectivity index (χ1) is 19.1. The van der Waals surface area contributed by atoms with Crippen LogP contribution in [0.3, 0.4) is 0 Å². The third-order valence-corrected chi connectivity index (χ3v) is 8.07. The van der Waals surface area contributed by atoms with Crippen LogP contribution in [0, 0.1) is 0 Å². The first-order valence-corrected chi connectivity index (χ1v) is 14.4. The summed E-state index contributed by atoms with van der Waals surface area (Å²) >= 11 is 0. The molecule has 3 aliphatic rings. The second-order valence-electron chi connectivity index (χ2n) is 10.9. The number of aliphatic hydroxyl groups excluding tert-OH is 2. The zero-order valence-corrected chi connectivity index (χ0v) is 22.6. The van der Waals surface area contributed by atoms with Gasteiger partial charge in [0.15, 0.2) is 29.3 Å². The van der Waals surface area contributed by atoms with Gasteiger partial charge in [-0.25, -0.2) is 4.98 Å². The average molecular weight is 542 g/mol. The molecule has 6 rings (SSSR count). The van der Waals surface area contributed by atoms with E-state index in [1.165, 1.54) is 19.3 Å². The highest BCUT2D eigenvalue weighted by atomic mass is 16.6. The topological polar surface area (TPSA) is 168 Å². The number of aliphatic hydroxyl groups is 2. The molecule has 3 fully saturated rings. The zero-order valence-electron chi connectivity index (χ0n) is 22.6. The van der Waals surface area contributed by atoms with Crippen molar-refractivity contribution in [3.63, 3.8) is 0 Å². The Bertz CT molecular complexity index is 1250. The zero-order chi connectivity index (χ0) is 26.9. The molecule has 212 valence electrons. The number of nitrogens with zero attached hydrogens (tertiary/aromatic N) is 6. The minimum atomic E-state index is -1.25. The highest BCUT2D eigenvalue weighted by Crippen LogP contribution is 2.43. The summed E-state index contributed by atoms with van der Waals surface area (Å²) in [6, 6.07) is 0.721. The SMILES string of the molecule is CCC(CC)Nc1nc(NCCC2CCCCN2)nc2c1ncn2[C@@H]1O[C@H](c2nnc(C3CC3)o2)[C@@H](O)[C@H]1O. The van der Waals surface area contributed by atoms with E-state index in [2.05, 4.69) is 45.0 Å². The largest absolute Gasteiger partial charge is 0.422 e. The molecular formula is C26H39N9O4. The maximum Gasteiger partial charge on any atom is 0.248 e. The second kappa shape index (κ2) is 11.3. The molecule has 2 saturated heterocycles. The summed E-state index contributed by atoms with van der Waals surface area (Å²) < 4.78 is 13.5. The molecule has 1 aliphatic carbocycles. The standard InChI is InChI=1S/C26H39N9O4/c1-3-15(4-2)30-21-17-22(32-26(31-21)28-12-10-16-7-5-6-11-27-16)35(13-29-17)25-19(37)18(36)20(38-25)24-34-33-23(39-24)14-8-9-14/h13-16,18-20,25,27,36-37H,3-12H2,1-2H3,(H2,28,30,31,32)/t16?,18-,19+,20-,25+/m0/s1. The van der Waals surface area contributed by atoms with Crippen molar-refractivity contribution >= 4 is 22.9 Å². The quantitative estimate of drug-likeness (QED) is 0.241. The number of nitrogens with one attached hydrogen (secondary N) is 3. The number of hydrogen-bond donors (Lipinski definition) is 5. The van der Waals surface area contributed by atoms with Crippen molar-refractivity contribution in [3.8, 4) is 0 Å². The van der Waals surface area contributed by atoms with Gasteiger partial charge in [0.05, 0.1) is 6.33 Å². The van der Waals surface area contributed by atoms with Crippen LogP contribution in [-0.2, 0) is 4.74 Å². The first kappa shape index (κ1) is 26.4. The molecule has 1 saturated carbocycles. The van der Waals surface area contributed by atoms with E-state index in [4.69, 9.17) is 19.1 Å². The van der Waals surface area contributed by atoms with Crippen molar-refractivity contribution in [1.82, 2.24) is 35.0 Å². The number of aromatic nitrogens is 6. The van der Waals surface area contributed by atoms with E-state index < -0.39 is 24.5 Å². The molecule has 0 amide bonds. The summed E-state index contributed by atoms with van der Waals surface area (Å²) in [5.41, 5.74) is 1.07. The van der Waals surface area contributed by atoms with Gasteiger partial charge in [-0.2, -0.15) is 9.97 Å². The highest BCUT2D eigenvalue weighted by Gasteiger charge is 2.48. The van der Waals surface area contributed by atoms with E-state index in [0.29, 0.717) is 34.9 Å². The van der Waals surface area contributed by atoms with Gasteiger partial charge in [0.2, 0.25) is 17.7 Å². The molecule has 1 unspecified atom stereocenters. The summed E-state index contributed by atoms with van der Waals surface area (Å²) in [6.45, 7) is 6.05. The average Bonchev–Trinajstić information content (AvgIpc) is 3.42. The molecule has 0 aromatic carbocycles. The molecule has 5 heterocycles. The summed E-state index contributed by atoms with van der Waals surface area (Å²) in [7, 11) is 0. The van der Waals surface area contributed by atoms with Gasteiger partial charge in [-0.15, -0.1) is 10.2 Å². The lowest BCUT2D eigenvalue weighted by atomic mass is 10.0. The number of rotatable bonds is 11. The molecule has 3 aromatic rings. The van der Waals surface area contributed by atoms with E-state index in [-0.39, 0.29) is 17.9 Å². The lowest BCUT2D eigenvalue weighted by Gasteiger charge is -2.23. The predicted octanol–water partition coefficient (Wildman–Crippen LogP) is 2.62. The van der Waals surface area contributed by atoms with Crippen LogP contribution in [-0.4, -0.2) is 77.3 Å². The van der Waals surface area contributed by atoms with E-state index >= 15 is 0 Å². The normalized spacial score (nSPS) is 27.5. The van der Waals surface area contributed by atoms with Gasteiger partial charge in [-0.1, -0.05) is 20.3 Å². The fraction of sp³-hybridized carbons (Fsp3) is 0.731. The molecule has 5 atom stereocenters. The van der Waals surface area contributed by atoms with E-state index in [9.17, 15) is 10.2 Å². The van der Waals surface area contributed by atoms with Crippen LogP contribution in [0.2, 0.25) is 0 Å². The van der Waals surface area contributed by atoms with Crippen molar-refractivity contribution in [1.29, 1.82) is 0 Å². The summed E-state index contributed by atoms with van der Waals surface area (Å²) in [4.78, 5) is 14.1. The molecule has 13 heteroatoms. The van der Waals surface area contributed by atoms with Crippen molar-refractivity contribution in [2.45, 2.75) is 108 Å². The van der Waals surface area contributed by atoms with Gasteiger partial charge >= 0.3 is 0 Å². The fourth-order valence-electron chi connectivity index (χ4n) is 5.45. The molecule has 3 aromatic heterocycles. The van der Waals surface area contributed by atoms with E-state index in [1.54, 1.807) is 10.9 Å². The summed E-state index contributed by atoms with van der Waals surface area (Å²) in [6.07, 6.45) is 5.72. The Morgan fingerprint density at radius 1 is 1.08 bits per heavy atom. The first-order valence-electron chi connectivity index (χ1n) is 14.4. The molecule has 39 heavy (non-hydrogen) atoms. The van der Waals surface area contributed by atoms with Gasteiger partial charge in [0.25, 0.3) is 0 Å². The van der Waals surface area contributed by atoms with Crippen LogP contribution in [0.15, 0.2) is 10.7 Å². The van der Waals surface area contributed by atoms with Crippen molar-refractivity contribution in [2.75, 3.05) is 23.7 Å². The minimum Gasteiger partial charge on any atom is -0.422 e. The van der Waals surface area contributed by atoms with Crippen LogP contribution in [0.4, 0.5) is 11.8 Å². The number of piperidine rings is 1. The second-order valence-corrected chi connectivity index (χ2v) is 10.9. The third-order valence-electron chi connectivity index (χ3n) is 8.07. The number of imidazole rings is 1. The van der Waals surface area contributed by atoms with Gasteiger partial charge in [0, 0.05) is 24.5 Å². The number of hydrogen-bond acceptors (Lipinski definition) is 12. The fourth-order valence-corrected chi connectivity index (χ4v) is 5.45. The molecule has 2 aliphatic heterocycles. The maximum atomic E-state index is 11.0. The Balaban J connectivity index is 1.27. The Hall–Kier alpha value is -2.87. The van der Waals surface area contributed by atoms with Crippen molar-refractivity contribution in [2.24, 2.45) is 0 Å². The lowest BCUT2D eigenvalue weighted by Crippen LogP contribution is -2.35. The van der Waals surface area contributed by atoms with Gasteiger partial charge in [0.1, 0.15) is 12.2 Å². The summed E-state index contributed by atoms with van der Waals surface area (Å²) in [5.74, 6) is 2.10. The highest BCUT2D eigenvalue weighted by molar-refractivity contribution is 5.84. The van der Waals surface area contributed by atoms with Crippen LogP contribution in [0.1, 0.15) is 95.2 Å². The van der Waals surface area contributed by atoms with E-state index in [0.717, 1.165) is 45.2 Å². The van der Waals surface area contributed by atoms with Crippen molar-refractivity contribution < 1.29 is 19.4 Å². The minimum absolute atomic E-state index is 0.166. The van der Waals surface area contributed by atoms with Crippen LogP contribution in [0.5, 0.6) is 0 Å². The van der Waals surface area contributed by atoms with Gasteiger partial charge in [-0.05, 0) is 51.5 Å². The molecule has 5 N–H and O–H groups in total. The van der Waals surface area contributed by atoms with Gasteiger partial charge < -0.3 is 35.3 Å². The maximum absolute atomic E-state index is 11.0. The third kappa shape index (κ3) is 5.45. The Labute approximate surface area is 227 Å². The molecule has 0 spiro atoms. The molecular weight excluding hydrogens is 502 g/mol. The molecule has 13 nitrogen and oxygen atoms in total.